The third kappa shape index (κ3) is 5.42. The standard InChI is InChI=1S/C17H21FN2O2S/c18-17-9-7-16(8-10-17)14-23(21,22)20(12-4-11-19)13-15-5-2-1-3-6-15/h1-3,5-10H,4,11-14,19H2. The molecule has 2 aromatic carbocycles. The third-order valence-electron chi connectivity index (χ3n) is 3.47. The fourth-order valence-electron chi connectivity index (χ4n) is 2.25. The molecule has 4 nitrogen and oxygen atoms in total. The molecule has 0 aliphatic carbocycles. The molecule has 0 radical (unpaired) electrons. The largest absolute Gasteiger partial charge is 0.330 e. The first-order valence-electron chi connectivity index (χ1n) is 7.47. The lowest BCUT2D eigenvalue weighted by Gasteiger charge is -2.22. The van der Waals surface area contributed by atoms with Gasteiger partial charge < -0.3 is 5.73 Å². The van der Waals surface area contributed by atoms with Gasteiger partial charge >= 0.3 is 0 Å². The van der Waals surface area contributed by atoms with Crippen LogP contribution in [-0.2, 0) is 22.3 Å². The SMILES string of the molecule is NCCCN(Cc1ccccc1)S(=O)(=O)Cc1ccc(F)cc1. The highest BCUT2D eigenvalue weighted by molar-refractivity contribution is 7.88. The summed E-state index contributed by atoms with van der Waals surface area (Å²) in [6.45, 7) is 1.11. The fraction of sp³-hybridized carbons (Fsp3) is 0.294. The highest BCUT2D eigenvalue weighted by Crippen LogP contribution is 2.15. The maximum atomic E-state index is 13.0. The van der Waals surface area contributed by atoms with Crippen molar-refractivity contribution in [1.29, 1.82) is 0 Å². The first kappa shape index (κ1) is 17.6. The van der Waals surface area contributed by atoms with Gasteiger partial charge in [0.2, 0.25) is 10.0 Å². The molecule has 0 saturated carbocycles. The fourth-order valence-corrected chi connectivity index (χ4v) is 3.80. The van der Waals surface area contributed by atoms with Crippen LogP contribution in [0.1, 0.15) is 17.5 Å². The molecule has 124 valence electrons. The molecule has 0 aromatic heterocycles. The number of sulfonamides is 1. The summed E-state index contributed by atoms with van der Waals surface area (Å²) in [5, 5.41) is 0. The lowest BCUT2D eigenvalue weighted by Crippen LogP contribution is -2.33. The van der Waals surface area contributed by atoms with Crippen molar-refractivity contribution < 1.29 is 12.8 Å². The molecule has 6 heteroatoms. The van der Waals surface area contributed by atoms with E-state index in [1.54, 1.807) is 0 Å². The molecule has 0 atom stereocenters. The average molecular weight is 336 g/mol. The van der Waals surface area contributed by atoms with Crippen molar-refractivity contribution in [2.45, 2.75) is 18.7 Å². The molecule has 2 aromatic rings. The minimum absolute atomic E-state index is 0.148. The van der Waals surface area contributed by atoms with Crippen molar-refractivity contribution >= 4 is 10.0 Å². The van der Waals surface area contributed by atoms with Gasteiger partial charge in [-0.15, -0.1) is 0 Å². The van der Waals surface area contributed by atoms with E-state index in [1.807, 2.05) is 30.3 Å². The number of nitrogens with two attached hydrogens (primary N) is 1. The summed E-state index contributed by atoms with van der Waals surface area (Å²) < 4.78 is 39.8. The maximum absolute atomic E-state index is 13.0. The monoisotopic (exact) mass is 336 g/mol. The molecule has 0 fully saturated rings. The van der Waals surface area contributed by atoms with E-state index >= 15 is 0 Å². The Kier molecular flexibility index (Phi) is 6.27. The Bertz CT molecular complexity index is 703. The summed E-state index contributed by atoms with van der Waals surface area (Å²) in [7, 11) is -3.50. The minimum Gasteiger partial charge on any atom is -0.330 e. The Morgan fingerprint density at radius 3 is 2.22 bits per heavy atom. The lowest BCUT2D eigenvalue weighted by atomic mass is 10.2. The first-order chi connectivity index (χ1) is 11.0. The number of rotatable bonds is 8. The van der Waals surface area contributed by atoms with Crippen LogP contribution in [0.4, 0.5) is 4.39 Å². The van der Waals surface area contributed by atoms with E-state index in [4.69, 9.17) is 5.73 Å². The zero-order valence-corrected chi connectivity index (χ0v) is 13.7. The average Bonchev–Trinajstić information content (AvgIpc) is 2.54. The Hall–Kier alpha value is -1.76. The van der Waals surface area contributed by atoms with Crippen LogP contribution in [-0.4, -0.2) is 25.8 Å². The van der Waals surface area contributed by atoms with Crippen molar-refractivity contribution in [2.75, 3.05) is 13.1 Å². The summed E-state index contributed by atoms with van der Waals surface area (Å²) >= 11 is 0. The first-order valence-corrected chi connectivity index (χ1v) is 9.08. The predicted octanol–water partition coefficient (Wildman–Crippen LogP) is 2.51. The number of hydrogen-bond acceptors (Lipinski definition) is 3. The Morgan fingerprint density at radius 1 is 0.957 bits per heavy atom. The van der Waals surface area contributed by atoms with E-state index in [2.05, 4.69) is 0 Å². The number of halogens is 1. The van der Waals surface area contributed by atoms with E-state index in [9.17, 15) is 12.8 Å². The molecule has 0 heterocycles. The van der Waals surface area contributed by atoms with Crippen molar-refractivity contribution in [3.63, 3.8) is 0 Å². The zero-order chi connectivity index (χ0) is 16.7. The van der Waals surface area contributed by atoms with Gasteiger partial charge in [0.25, 0.3) is 0 Å². The van der Waals surface area contributed by atoms with E-state index in [1.165, 1.54) is 28.6 Å². The van der Waals surface area contributed by atoms with Gasteiger partial charge in [0.1, 0.15) is 5.82 Å². The molecule has 0 bridgehead atoms. The number of hydrogen-bond donors (Lipinski definition) is 1. The van der Waals surface area contributed by atoms with Crippen LogP contribution in [0.5, 0.6) is 0 Å². The van der Waals surface area contributed by atoms with Crippen LogP contribution in [0, 0.1) is 5.82 Å². The van der Waals surface area contributed by atoms with Gasteiger partial charge in [0.15, 0.2) is 0 Å². The molecule has 0 spiro atoms. The van der Waals surface area contributed by atoms with Crippen molar-refractivity contribution in [2.24, 2.45) is 5.73 Å². The van der Waals surface area contributed by atoms with Gasteiger partial charge in [-0.05, 0) is 36.2 Å². The van der Waals surface area contributed by atoms with E-state index in [0.717, 1.165) is 5.56 Å². The van der Waals surface area contributed by atoms with Gasteiger partial charge in [-0.2, -0.15) is 4.31 Å². The molecule has 2 N–H and O–H groups in total. The van der Waals surface area contributed by atoms with Crippen molar-refractivity contribution in [1.82, 2.24) is 4.31 Å². The van der Waals surface area contributed by atoms with Gasteiger partial charge in [0.05, 0.1) is 5.75 Å². The summed E-state index contributed by atoms with van der Waals surface area (Å²) in [5.41, 5.74) is 7.01. The smallest absolute Gasteiger partial charge is 0.218 e. The summed E-state index contributed by atoms with van der Waals surface area (Å²) in [5.74, 6) is -0.527. The normalized spacial score (nSPS) is 11.8. The quantitative estimate of drug-likeness (QED) is 0.805. The summed E-state index contributed by atoms with van der Waals surface area (Å²) in [6, 6.07) is 15.0. The zero-order valence-electron chi connectivity index (χ0n) is 12.9. The molecule has 0 aliphatic heterocycles. The van der Waals surface area contributed by atoms with Crippen LogP contribution < -0.4 is 5.73 Å². The van der Waals surface area contributed by atoms with Gasteiger partial charge in [0, 0.05) is 13.1 Å². The van der Waals surface area contributed by atoms with Crippen molar-refractivity contribution in [3.05, 3.63) is 71.5 Å². The van der Waals surface area contributed by atoms with Gasteiger partial charge in [-0.3, -0.25) is 0 Å². The van der Waals surface area contributed by atoms with Crippen LogP contribution in [0.25, 0.3) is 0 Å². The molecule has 0 unspecified atom stereocenters. The van der Waals surface area contributed by atoms with Gasteiger partial charge in [-0.25, -0.2) is 12.8 Å². The maximum Gasteiger partial charge on any atom is 0.218 e. The molecule has 0 amide bonds. The molecular weight excluding hydrogens is 315 g/mol. The molecule has 23 heavy (non-hydrogen) atoms. The second-order valence-corrected chi connectivity index (χ2v) is 7.31. The molecule has 2 rings (SSSR count). The van der Waals surface area contributed by atoms with Crippen LogP contribution in [0.3, 0.4) is 0 Å². The van der Waals surface area contributed by atoms with Crippen LogP contribution in [0.15, 0.2) is 54.6 Å². The Labute approximate surface area is 136 Å². The van der Waals surface area contributed by atoms with E-state index < -0.39 is 10.0 Å². The van der Waals surface area contributed by atoms with E-state index in [-0.39, 0.29) is 11.6 Å². The lowest BCUT2D eigenvalue weighted by molar-refractivity contribution is 0.401. The third-order valence-corrected chi connectivity index (χ3v) is 5.27. The highest BCUT2D eigenvalue weighted by atomic mass is 32.2. The summed E-state index contributed by atoms with van der Waals surface area (Å²) in [6.07, 6.45) is 0.593. The highest BCUT2D eigenvalue weighted by Gasteiger charge is 2.22. The molecule has 0 aliphatic rings. The summed E-state index contributed by atoms with van der Waals surface area (Å²) in [4.78, 5) is 0. The Morgan fingerprint density at radius 2 is 1.61 bits per heavy atom. The Balaban J connectivity index is 2.16. The second kappa shape index (κ2) is 8.19. The molecule has 0 saturated heterocycles. The van der Waals surface area contributed by atoms with Gasteiger partial charge in [-0.1, -0.05) is 42.5 Å². The van der Waals surface area contributed by atoms with Crippen LogP contribution in [0.2, 0.25) is 0 Å². The second-order valence-electron chi connectivity index (χ2n) is 5.34. The van der Waals surface area contributed by atoms with Crippen LogP contribution >= 0.6 is 0 Å². The molecular formula is C17H21FN2O2S. The topological polar surface area (TPSA) is 63.4 Å². The number of benzene rings is 2. The van der Waals surface area contributed by atoms with Crippen molar-refractivity contribution in [3.8, 4) is 0 Å². The van der Waals surface area contributed by atoms with E-state index in [0.29, 0.717) is 31.6 Å². The predicted molar refractivity (Wildman–Crippen MR) is 89.5 cm³/mol. The number of nitrogens with zero attached hydrogens (tertiary/aromatic N) is 1. The minimum atomic E-state index is -3.50.